The zero-order valence-electron chi connectivity index (χ0n) is 21.6. The molecule has 1 aromatic heterocycles. The van der Waals surface area contributed by atoms with Gasteiger partial charge in [0.25, 0.3) is 5.91 Å². The topological polar surface area (TPSA) is 96.7 Å². The number of aryl methyl sites for hydroxylation is 1. The molecule has 2 aromatic carbocycles. The Morgan fingerprint density at radius 3 is 2.58 bits per heavy atom. The quantitative estimate of drug-likeness (QED) is 0.433. The molecule has 0 aliphatic carbocycles. The van der Waals surface area contributed by atoms with Crippen molar-refractivity contribution in [2.24, 2.45) is 0 Å². The normalized spacial score (nSPS) is 16.2. The molecule has 3 aromatic rings. The predicted octanol–water partition coefficient (Wildman–Crippen LogP) is 3.42. The third-order valence-corrected chi connectivity index (χ3v) is 8.82. The lowest BCUT2D eigenvalue weighted by molar-refractivity contribution is 0.0990. The predicted molar refractivity (Wildman–Crippen MR) is 152 cm³/mol. The van der Waals surface area contributed by atoms with Crippen LogP contribution in [0.2, 0.25) is 0 Å². The number of hydrogen-bond donors (Lipinski definition) is 0. The molecule has 196 valence electrons. The summed E-state index contributed by atoms with van der Waals surface area (Å²) in [7, 11) is 0.512. The first-order valence-corrected chi connectivity index (χ1v) is 14.7. The largest absolute Gasteiger partial charge is 0.338 e. The summed E-state index contributed by atoms with van der Waals surface area (Å²) in [6, 6.07) is 17.4. The summed E-state index contributed by atoms with van der Waals surface area (Å²) in [5.74, 6) is 0.539. The Hall–Kier alpha value is -3.46. The minimum absolute atomic E-state index is 0.0777. The van der Waals surface area contributed by atoms with Crippen molar-refractivity contribution < 1.29 is 9.00 Å². The van der Waals surface area contributed by atoms with Gasteiger partial charge in [0.05, 0.1) is 11.3 Å². The van der Waals surface area contributed by atoms with E-state index in [4.69, 9.17) is 0 Å². The maximum absolute atomic E-state index is 13.5. The third-order valence-electron chi connectivity index (χ3n) is 6.76. The number of carbonyl (C=O) groups is 1. The average molecular weight is 548 g/mol. The van der Waals surface area contributed by atoms with Crippen LogP contribution in [0.5, 0.6) is 0 Å². The molecule has 0 N–H and O–H groups in total. The van der Waals surface area contributed by atoms with Crippen LogP contribution in [0.3, 0.4) is 0 Å². The Balaban J connectivity index is 1.25. The lowest BCUT2D eigenvalue weighted by atomic mass is 10.1. The lowest BCUT2D eigenvalue weighted by Gasteiger charge is -2.34. The number of hydrogen-bond acceptors (Lipinski definition) is 8. The van der Waals surface area contributed by atoms with Crippen LogP contribution in [0.15, 0.2) is 53.4 Å². The fourth-order valence-corrected chi connectivity index (χ4v) is 6.14. The Labute approximate surface area is 229 Å². The number of amides is 1. The molecule has 3 heterocycles. The number of anilines is 3. The first-order chi connectivity index (χ1) is 18.3. The number of para-hydroxylation sites is 1. The number of aromatic nitrogens is 2. The summed E-state index contributed by atoms with van der Waals surface area (Å²) >= 11 is 1.72. The number of fused-ring (bicyclic) bond motifs is 1. The Bertz CT molecular complexity index is 1430. The molecule has 0 saturated carbocycles. The van der Waals surface area contributed by atoms with E-state index in [1.54, 1.807) is 41.7 Å². The van der Waals surface area contributed by atoms with E-state index in [2.05, 4.69) is 37.4 Å². The molecule has 1 fully saturated rings. The lowest BCUT2D eigenvalue weighted by Crippen LogP contribution is -2.44. The Kier molecular flexibility index (Phi) is 7.65. The van der Waals surface area contributed by atoms with Gasteiger partial charge in [0.1, 0.15) is 22.7 Å². The molecule has 0 radical (unpaired) electrons. The van der Waals surface area contributed by atoms with Crippen molar-refractivity contribution in [3.63, 3.8) is 0 Å². The van der Waals surface area contributed by atoms with Gasteiger partial charge in [-0.2, -0.15) is 5.26 Å². The molecule has 5 rings (SSSR count). The van der Waals surface area contributed by atoms with Crippen molar-refractivity contribution in [1.82, 2.24) is 14.3 Å². The van der Waals surface area contributed by atoms with E-state index in [9.17, 15) is 14.3 Å². The summed E-state index contributed by atoms with van der Waals surface area (Å²) in [5.41, 5.74) is 4.50. The molecular weight excluding hydrogens is 518 g/mol. The van der Waals surface area contributed by atoms with Crippen LogP contribution in [-0.4, -0.2) is 70.4 Å². The Morgan fingerprint density at radius 1 is 1.08 bits per heavy atom. The van der Waals surface area contributed by atoms with Crippen LogP contribution >= 0.6 is 11.9 Å². The maximum atomic E-state index is 13.5. The highest BCUT2D eigenvalue weighted by molar-refractivity contribution is 7.97. The molecule has 0 bridgehead atoms. The number of nitrogens with zero attached hydrogens (tertiary/aromatic N) is 7. The fourth-order valence-electron chi connectivity index (χ4n) is 4.74. The molecular formula is C27H29N7O2S2. The second-order valence-corrected chi connectivity index (χ2v) is 11.8. The van der Waals surface area contributed by atoms with Crippen LogP contribution in [0.1, 0.15) is 27.3 Å². The summed E-state index contributed by atoms with van der Waals surface area (Å²) < 4.78 is 16.0. The number of benzene rings is 2. The van der Waals surface area contributed by atoms with E-state index in [-0.39, 0.29) is 5.91 Å². The van der Waals surface area contributed by atoms with Gasteiger partial charge < -0.3 is 9.80 Å². The molecule has 2 aliphatic heterocycles. The first kappa shape index (κ1) is 26.2. The average Bonchev–Trinajstić information content (AvgIpc) is 3.35. The van der Waals surface area contributed by atoms with Gasteiger partial charge in [-0.05, 0) is 67.3 Å². The zero-order valence-corrected chi connectivity index (χ0v) is 23.3. The van der Waals surface area contributed by atoms with E-state index < -0.39 is 11.0 Å². The van der Waals surface area contributed by atoms with Crippen molar-refractivity contribution in [2.45, 2.75) is 18.2 Å². The summed E-state index contributed by atoms with van der Waals surface area (Å²) in [6.45, 7) is 5.75. The second kappa shape index (κ2) is 11.1. The van der Waals surface area contributed by atoms with Crippen molar-refractivity contribution in [2.75, 3.05) is 60.1 Å². The molecule has 1 atom stereocenters. The first-order valence-electron chi connectivity index (χ1n) is 12.4. The molecule has 11 heteroatoms. The van der Waals surface area contributed by atoms with E-state index in [1.807, 2.05) is 36.1 Å². The molecule has 38 heavy (non-hydrogen) atoms. The van der Waals surface area contributed by atoms with Gasteiger partial charge >= 0.3 is 0 Å². The number of piperazine rings is 1. The van der Waals surface area contributed by atoms with Gasteiger partial charge in [-0.15, -0.1) is 0 Å². The van der Waals surface area contributed by atoms with Crippen LogP contribution in [-0.2, 0) is 17.4 Å². The van der Waals surface area contributed by atoms with Crippen molar-refractivity contribution >= 4 is 46.2 Å². The maximum Gasteiger partial charge on any atom is 0.260 e. The van der Waals surface area contributed by atoms with Crippen molar-refractivity contribution in [3.8, 4) is 6.07 Å². The number of rotatable bonds is 6. The Morgan fingerprint density at radius 2 is 1.84 bits per heavy atom. The minimum atomic E-state index is -1.23. The number of nitriles is 1. The van der Waals surface area contributed by atoms with Gasteiger partial charge in [-0.1, -0.05) is 12.1 Å². The van der Waals surface area contributed by atoms with E-state index in [0.717, 1.165) is 54.4 Å². The molecule has 9 nitrogen and oxygen atoms in total. The highest BCUT2D eigenvalue weighted by atomic mass is 32.2. The van der Waals surface area contributed by atoms with Gasteiger partial charge in [0.15, 0.2) is 0 Å². The van der Waals surface area contributed by atoms with Gasteiger partial charge in [0.2, 0.25) is 5.95 Å². The van der Waals surface area contributed by atoms with E-state index in [0.29, 0.717) is 29.4 Å². The molecule has 0 spiro atoms. The van der Waals surface area contributed by atoms with E-state index in [1.165, 1.54) is 0 Å². The van der Waals surface area contributed by atoms with Crippen LogP contribution in [0, 0.1) is 18.3 Å². The smallest absolute Gasteiger partial charge is 0.260 e. The molecule has 1 unspecified atom stereocenters. The molecule has 1 saturated heterocycles. The van der Waals surface area contributed by atoms with Crippen molar-refractivity contribution in [3.05, 3.63) is 71.0 Å². The van der Waals surface area contributed by atoms with Crippen molar-refractivity contribution in [1.29, 1.82) is 5.26 Å². The van der Waals surface area contributed by atoms with Gasteiger partial charge in [-0.3, -0.25) is 9.10 Å². The molecule has 1 amide bonds. The van der Waals surface area contributed by atoms with Gasteiger partial charge in [-0.25, -0.2) is 18.5 Å². The molecule has 2 aliphatic rings. The summed E-state index contributed by atoms with van der Waals surface area (Å²) in [4.78, 5) is 27.5. The fraction of sp³-hybridized carbons (Fsp3) is 0.333. The minimum Gasteiger partial charge on any atom is -0.338 e. The second-order valence-electron chi connectivity index (χ2n) is 9.25. The van der Waals surface area contributed by atoms with Gasteiger partial charge in [0, 0.05) is 62.3 Å². The zero-order chi connectivity index (χ0) is 26.8. The summed E-state index contributed by atoms with van der Waals surface area (Å²) in [6.07, 6.45) is 2.40. The SMILES string of the molecule is Cc1cc(C#N)nc(N2CCN(Sc3ccc4c(c3)CCN4C(=O)c3ccccc3N(C)S(C)=O)CC2)n1. The highest BCUT2D eigenvalue weighted by Crippen LogP contribution is 2.35. The van der Waals surface area contributed by atoms with E-state index >= 15 is 0 Å². The van der Waals surface area contributed by atoms with Crippen LogP contribution in [0.4, 0.5) is 17.3 Å². The third kappa shape index (κ3) is 5.38. The number of carbonyl (C=O) groups excluding carboxylic acids is 1. The summed E-state index contributed by atoms with van der Waals surface area (Å²) in [5, 5.41) is 9.21. The highest BCUT2D eigenvalue weighted by Gasteiger charge is 2.29. The van der Waals surface area contributed by atoms with Crippen LogP contribution in [0.25, 0.3) is 0 Å². The van der Waals surface area contributed by atoms with Crippen LogP contribution < -0.4 is 14.1 Å². The monoisotopic (exact) mass is 547 g/mol. The standard InChI is InChI=1S/C27H29N7O2S2/c1-19-16-21(18-28)30-27(29-19)32-12-14-33(15-13-32)37-22-8-9-24-20(17-22)10-11-34(24)26(35)23-6-4-5-7-25(23)31(2)38(3)36/h4-9,16-17H,10-15H2,1-3H3.